The van der Waals surface area contributed by atoms with Gasteiger partial charge in [0.05, 0.1) is 0 Å². The highest BCUT2D eigenvalue weighted by atomic mass is 19.1. The number of hydrogen-bond donors (Lipinski definition) is 1. The van der Waals surface area contributed by atoms with E-state index < -0.39 is 0 Å². The van der Waals surface area contributed by atoms with Crippen LogP contribution in [0, 0.1) is 11.7 Å². The second-order valence-corrected chi connectivity index (χ2v) is 7.13. The SMILES string of the molecule is C=C1C(=O)O[C@@H]2/C=C(\C)CC/C=C(\C(=O)NCc3ccc(F)cc3)CC[C@H]12. The molecule has 1 N–H and O–H groups in total. The number of fused-ring (bicyclic) bond motifs is 1. The van der Waals surface area contributed by atoms with Crippen molar-refractivity contribution in [1.29, 1.82) is 0 Å². The lowest BCUT2D eigenvalue weighted by Crippen LogP contribution is -2.25. The molecule has 1 aliphatic carbocycles. The summed E-state index contributed by atoms with van der Waals surface area (Å²) in [6.45, 7) is 6.22. The molecule has 1 aromatic rings. The predicted octanol–water partition coefficient (Wildman–Crippen LogP) is 3.99. The van der Waals surface area contributed by atoms with Gasteiger partial charge in [-0.2, -0.15) is 0 Å². The van der Waals surface area contributed by atoms with Crippen LogP contribution in [0.2, 0.25) is 0 Å². The Morgan fingerprint density at radius 1 is 1.30 bits per heavy atom. The van der Waals surface area contributed by atoms with Crippen LogP contribution in [-0.4, -0.2) is 18.0 Å². The molecule has 2 atom stereocenters. The van der Waals surface area contributed by atoms with E-state index in [0.29, 0.717) is 30.5 Å². The largest absolute Gasteiger partial charge is 0.454 e. The van der Waals surface area contributed by atoms with Gasteiger partial charge in [-0.05, 0) is 56.4 Å². The summed E-state index contributed by atoms with van der Waals surface area (Å²) in [5, 5.41) is 2.90. The molecule has 0 saturated carbocycles. The fourth-order valence-electron chi connectivity index (χ4n) is 3.47. The van der Waals surface area contributed by atoms with Crippen LogP contribution in [0.25, 0.3) is 0 Å². The van der Waals surface area contributed by atoms with E-state index >= 15 is 0 Å². The third-order valence-electron chi connectivity index (χ3n) is 5.11. The summed E-state index contributed by atoms with van der Waals surface area (Å²) >= 11 is 0. The van der Waals surface area contributed by atoms with E-state index in [9.17, 15) is 14.0 Å². The number of carbonyl (C=O) groups excluding carboxylic acids is 2. The van der Waals surface area contributed by atoms with Crippen LogP contribution in [0.4, 0.5) is 4.39 Å². The molecule has 3 rings (SSSR count). The van der Waals surface area contributed by atoms with Gasteiger partial charge in [0.15, 0.2) is 0 Å². The maximum atomic E-state index is 13.0. The Balaban J connectivity index is 1.68. The average molecular weight is 369 g/mol. The maximum absolute atomic E-state index is 13.0. The third kappa shape index (κ3) is 4.73. The molecule has 27 heavy (non-hydrogen) atoms. The highest BCUT2D eigenvalue weighted by molar-refractivity contribution is 5.93. The number of hydrogen-bond acceptors (Lipinski definition) is 3. The molecule has 142 valence electrons. The fourth-order valence-corrected chi connectivity index (χ4v) is 3.47. The van der Waals surface area contributed by atoms with Gasteiger partial charge in [-0.15, -0.1) is 0 Å². The summed E-state index contributed by atoms with van der Waals surface area (Å²) in [7, 11) is 0. The van der Waals surface area contributed by atoms with Crippen molar-refractivity contribution in [3.8, 4) is 0 Å². The van der Waals surface area contributed by atoms with Gasteiger partial charge in [-0.1, -0.05) is 30.4 Å². The number of rotatable bonds is 3. The Kier molecular flexibility index (Phi) is 5.89. The molecule has 1 amide bonds. The molecule has 2 aliphatic rings. The first-order chi connectivity index (χ1) is 12.9. The summed E-state index contributed by atoms with van der Waals surface area (Å²) < 4.78 is 18.4. The zero-order valence-corrected chi connectivity index (χ0v) is 15.5. The quantitative estimate of drug-likeness (QED) is 0.498. The van der Waals surface area contributed by atoms with Gasteiger partial charge in [0.2, 0.25) is 5.91 Å². The van der Waals surface area contributed by atoms with Crippen molar-refractivity contribution < 1.29 is 18.7 Å². The highest BCUT2D eigenvalue weighted by Gasteiger charge is 2.37. The molecular weight excluding hydrogens is 345 g/mol. The molecule has 0 spiro atoms. The van der Waals surface area contributed by atoms with Gasteiger partial charge in [-0.25, -0.2) is 9.18 Å². The van der Waals surface area contributed by atoms with Crippen LogP contribution in [0.15, 0.2) is 59.7 Å². The second kappa shape index (κ2) is 8.33. The van der Waals surface area contributed by atoms with E-state index in [2.05, 4.69) is 11.9 Å². The molecular formula is C22H24FNO3. The van der Waals surface area contributed by atoms with Gasteiger partial charge < -0.3 is 10.1 Å². The number of carbonyl (C=O) groups is 2. The van der Waals surface area contributed by atoms with Gasteiger partial charge in [0, 0.05) is 23.6 Å². The smallest absolute Gasteiger partial charge is 0.334 e. The highest BCUT2D eigenvalue weighted by Crippen LogP contribution is 2.34. The topological polar surface area (TPSA) is 55.4 Å². The van der Waals surface area contributed by atoms with Crippen LogP contribution in [-0.2, 0) is 20.9 Å². The summed E-state index contributed by atoms with van der Waals surface area (Å²) in [5.41, 5.74) is 3.16. The number of halogens is 1. The molecule has 5 heteroatoms. The van der Waals surface area contributed by atoms with Crippen molar-refractivity contribution in [2.75, 3.05) is 0 Å². The zero-order valence-electron chi connectivity index (χ0n) is 15.5. The molecule has 1 heterocycles. The number of amides is 1. The normalized spacial score (nSPS) is 26.9. The van der Waals surface area contributed by atoms with Crippen LogP contribution in [0.5, 0.6) is 0 Å². The van der Waals surface area contributed by atoms with E-state index in [-0.39, 0.29) is 29.7 Å². The predicted molar refractivity (Wildman–Crippen MR) is 101 cm³/mol. The minimum Gasteiger partial charge on any atom is -0.454 e. The van der Waals surface area contributed by atoms with Crippen molar-refractivity contribution in [2.45, 2.75) is 45.3 Å². The molecule has 1 aliphatic heterocycles. The molecule has 0 unspecified atom stereocenters. The summed E-state index contributed by atoms with van der Waals surface area (Å²) in [6, 6.07) is 6.06. The summed E-state index contributed by atoms with van der Waals surface area (Å²) in [5.74, 6) is -0.876. The lowest BCUT2D eigenvalue weighted by molar-refractivity contribution is -0.137. The molecule has 1 aromatic carbocycles. The van der Waals surface area contributed by atoms with Gasteiger partial charge >= 0.3 is 5.97 Å². The van der Waals surface area contributed by atoms with Crippen molar-refractivity contribution in [1.82, 2.24) is 5.32 Å². The number of benzene rings is 1. The minimum absolute atomic E-state index is 0.0983. The van der Waals surface area contributed by atoms with E-state index in [4.69, 9.17) is 4.74 Å². The van der Waals surface area contributed by atoms with Crippen LogP contribution in [0.3, 0.4) is 0 Å². The average Bonchev–Trinajstić information content (AvgIpc) is 2.91. The maximum Gasteiger partial charge on any atom is 0.334 e. The lowest BCUT2D eigenvalue weighted by atomic mass is 9.87. The van der Waals surface area contributed by atoms with Crippen molar-refractivity contribution >= 4 is 11.9 Å². The number of ether oxygens (including phenoxy) is 1. The minimum atomic E-state index is -0.348. The Bertz CT molecular complexity index is 807. The zero-order chi connectivity index (χ0) is 19.4. The molecule has 4 nitrogen and oxygen atoms in total. The second-order valence-electron chi connectivity index (χ2n) is 7.13. The molecule has 0 bridgehead atoms. The summed E-state index contributed by atoms with van der Waals surface area (Å²) in [6.07, 6.45) is 6.45. The van der Waals surface area contributed by atoms with Gasteiger partial charge in [0.1, 0.15) is 11.9 Å². The standard InChI is InChI=1S/C22H24FNO3/c1-14-4-3-5-17(8-11-19-15(2)22(26)27-20(19)12-14)21(25)24-13-16-6-9-18(23)10-7-16/h5-7,9-10,12,19-20H,2-4,8,11,13H2,1H3,(H,24,25)/b14-12+,17-5-/t19-,20-/m1/s1. The van der Waals surface area contributed by atoms with Gasteiger partial charge in [0.25, 0.3) is 0 Å². The van der Waals surface area contributed by atoms with E-state index in [1.54, 1.807) is 12.1 Å². The van der Waals surface area contributed by atoms with E-state index in [1.807, 2.05) is 19.1 Å². The number of allylic oxidation sites excluding steroid dienone is 2. The first-order valence-electron chi connectivity index (χ1n) is 9.23. The third-order valence-corrected chi connectivity index (χ3v) is 5.11. The van der Waals surface area contributed by atoms with E-state index in [0.717, 1.165) is 24.0 Å². The number of nitrogens with one attached hydrogen (secondary N) is 1. The Hall–Kier alpha value is -2.69. The first-order valence-corrected chi connectivity index (χ1v) is 9.23. The fraction of sp³-hybridized carbons (Fsp3) is 0.364. The van der Waals surface area contributed by atoms with Crippen molar-refractivity contribution in [2.24, 2.45) is 5.92 Å². The molecule has 0 aromatic heterocycles. The molecule has 1 fully saturated rings. The molecule has 1 saturated heterocycles. The van der Waals surface area contributed by atoms with Crippen molar-refractivity contribution in [3.05, 3.63) is 71.1 Å². The first kappa shape index (κ1) is 19.1. The van der Waals surface area contributed by atoms with Crippen molar-refractivity contribution in [3.63, 3.8) is 0 Å². The van der Waals surface area contributed by atoms with Gasteiger partial charge in [-0.3, -0.25) is 4.79 Å². The van der Waals surface area contributed by atoms with Crippen LogP contribution >= 0.6 is 0 Å². The van der Waals surface area contributed by atoms with Crippen LogP contribution < -0.4 is 5.32 Å². The molecule has 0 radical (unpaired) electrons. The van der Waals surface area contributed by atoms with E-state index in [1.165, 1.54) is 12.1 Å². The number of esters is 1. The summed E-state index contributed by atoms with van der Waals surface area (Å²) in [4.78, 5) is 24.5. The Labute approximate surface area is 158 Å². The van der Waals surface area contributed by atoms with Crippen LogP contribution in [0.1, 0.15) is 38.2 Å². The Morgan fingerprint density at radius 2 is 2.04 bits per heavy atom. The Morgan fingerprint density at radius 3 is 2.78 bits per heavy atom. The monoisotopic (exact) mass is 369 g/mol. The lowest BCUT2D eigenvalue weighted by Gasteiger charge is -2.18.